The average Bonchev–Trinajstić information content (AvgIpc) is 3.53. The van der Waals surface area contributed by atoms with Gasteiger partial charge in [0.1, 0.15) is 11.5 Å². The second-order valence-corrected chi connectivity index (χ2v) is 12.1. The summed E-state index contributed by atoms with van der Waals surface area (Å²) in [4.78, 5) is 14.5. The Morgan fingerprint density at radius 2 is 0.780 bits per heavy atom. The fraction of sp³-hybridized carbons (Fsp3) is 0. The van der Waals surface area contributed by atoms with Crippen LogP contribution in [0.3, 0.4) is 0 Å². The van der Waals surface area contributed by atoms with Gasteiger partial charge >= 0.3 is 0 Å². The number of hydrogen-bond donors (Lipinski definition) is 0. The van der Waals surface area contributed by atoms with Gasteiger partial charge in [0.25, 0.3) is 0 Å². The Bertz CT molecular complexity index is 2520. The van der Waals surface area contributed by atoms with Crippen LogP contribution in [0.1, 0.15) is 0 Å². The van der Waals surface area contributed by atoms with E-state index in [1.54, 1.807) is 0 Å². The molecule has 9 rings (SSSR count). The Morgan fingerprint density at radius 1 is 0.340 bits per heavy atom. The van der Waals surface area contributed by atoms with Gasteiger partial charge in [-0.25, -0.2) is 15.0 Å². The molecule has 5 heteroatoms. The number of rotatable bonds is 7. The van der Waals surface area contributed by atoms with Crippen molar-refractivity contribution in [1.82, 2.24) is 19.5 Å². The Morgan fingerprint density at radius 3 is 1.36 bits per heavy atom. The van der Waals surface area contributed by atoms with Crippen molar-refractivity contribution in [2.45, 2.75) is 0 Å². The van der Waals surface area contributed by atoms with Crippen molar-refractivity contribution in [3.63, 3.8) is 0 Å². The first-order valence-corrected chi connectivity index (χ1v) is 16.6. The van der Waals surface area contributed by atoms with Gasteiger partial charge in [-0.05, 0) is 77.9 Å². The highest BCUT2D eigenvalue weighted by molar-refractivity contribution is 6.10. The summed E-state index contributed by atoms with van der Waals surface area (Å²) < 4.78 is 8.61. The molecule has 2 aromatic heterocycles. The minimum atomic E-state index is 0.609. The van der Waals surface area contributed by atoms with Crippen molar-refractivity contribution < 1.29 is 4.74 Å². The van der Waals surface area contributed by atoms with Crippen LogP contribution in [0, 0.1) is 0 Å². The van der Waals surface area contributed by atoms with E-state index in [-0.39, 0.29) is 0 Å². The van der Waals surface area contributed by atoms with Crippen molar-refractivity contribution in [3.8, 4) is 62.5 Å². The van der Waals surface area contributed by atoms with Gasteiger partial charge in [0.15, 0.2) is 17.5 Å². The van der Waals surface area contributed by atoms with E-state index in [9.17, 15) is 0 Å². The minimum Gasteiger partial charge on any atom is -0.457 e. The molecule has 0 saturated heterocycles. The summed E-state index contributed by atoms with van der Waals surface area (Å²) >= 11 is 0. The van der Waals surface area contributed by atoms with Gasteiger partial charge in [-0.2, -0.15) is 0 Å². The highest BCUT2D eigenvalue weighted by atomic mass is 16.5. The summed E-state index contributed by atoms with van der Waals surface area (Å²) in [5.41, 5.74) is 8.59. The largest absolute Gasteiger partial charge is 0.457 e. The summed E-state index contributed by atoms with van der Waals surface area (Å²) in [6, 6.07) is 62.0. The third kappa shape index (κ3) is 5.57. The van der Waals surface area contributed by atoms with Crippen LogP contribution in [0.15, 0.2) is 182 Å². The molecule has 0 amide bonds. The van der Waals surface area contributed by atoms with Crippen LogP contribution in [0.2, 0.25) is 0 Å². The summed E-state index contributed by atoms with van der Waals surface area (Å²) in [5, 5.41) is 2.47. The first kappa shape index (κ1) is 29.3. The van der Waals surface area contributed by atoms with Crippen molar-refractivity contribution in [2.24, 2.45) is 0 Å². The van der Waals surface area contributed by atoms with Gasteiger partial charge in [-0.15, -0.1) is 0 Å². The maximum atomic E-state index is 6.27. The molecule has 0 aliphatic carbocycles. The lowest BCUT2D eigenvalue weighted by Crippen LogP contribution is -2.00. The molecule has 50 heavy (non-hydrogen) atoms. The van der Waals surface area contributed by atoms with Gasteiger partial charge in [-0.1, -0.05) is 115 Å². The standard InChI is InChI=1S/C45H30N4O/c1-4-12-32(13-5-1)43-46-44(33-14-6-2-7-15-33)48-45(47-43)34-22-27-38(28-23-34)50-37-25-20-31(21-26-37)35-24-29-42-40(30-35)39-18-10-11-19-41(39)49(42)36-16-8-3-9-17-36/h1-30H. The molecule has 0 fully saturated rings. The quantitative estimate of drug-likeness (QED) is 0.174. The van der Waals surface area contributed by atoms with Crippen LogP contribution in [0.25, 0.3) is 72.8 Å². The third-order valence-electron chi connectivity index (χ3n) is 8.92. The molecule has 2 heterocycles. The minimum absolute atomic E-state index is 0.609. The predicted molar refractivity (Wildman–Crippen MR) is 202 cm³/mol. The molecule has 5 nitrogen and oxygen atoms in total. The maximum absolute atomic E-state index is 6.27. The van der Waals surface area contributed by atoms with Gasteiger partial charge in [0.05, 0.1) is 11.0 Å². The summed E-state index contributed by atoms with van der Waals surface area (Å²) in [7, 11) is 0. The summed E-state index contributed by atoms with van der Waals surface area (Å²) in [5.74, 6) is 3.38. The first-order chi connectivity index (χ1) is 24.8. The fourth-order valence-corrected chi connectivity index (χ4v) is 6.47. The number of nitrogens with zero attached hydrogens (tertiary/aromatic N) is 4. The number of aromatic nitrogens is 4. The van der Waals surface area contributed by atoms with E-state index in [4.69, 9.17) is 19.7 Å². The van der Waals surface area contributed by atoms with Crippen LogP contribution in [0.5, 0.6) is 11.5 Å². The van der Waals surface area contributed by atoms with Crippen molar-refractivity contribution in [1.29, 1.82) is 0 Å². The first-order valence-electron chi connectivity index (χ1n) is 16.6. The highest BCUT2D eigenvalue weighted by Gasteiger charge is 2.14. The Balaban J connectivity index is 0.980. The van der Waals surface area contributed by atoms with E-state index in [0.29, 0.717) is 17.5 Å². The van der Waals surface area contributed by atoms with Gasteiger partial charge in [-0.3, -0.25) is 0 Å². The van der Waals surface area contributed by atoms with E-state index >= 15 is 0 Å². The average molecular weight is 643 g/mol. The smallest absolute Gasteiger partial charge is 0.164 e. The number of benzene rings is 7. The molecular weight excluding hydrogens is 613 g/mol. The van der Waals surface area contributed by atoms with E-state index in [2.05, 4.69) is 89.5 Å². The SMILES string of the molecule is c1ccc(-c2nc(-c3ccccc3)nc(-c3ccc(Oc4ccc(-c5ccc6c(c5)c5ccccc5n6-c5ccccc5)cc4)cc3)n2)cc1. The zero-order valence-corrected chi connectivity index (χ0v) is 27.0. The Labute approximate surface area is 289 Å². The lowest BCUT2D eigenvalue weighted by Gasteiger charge is -2.10. The second-order valence-electron chi connectivity index (χ2n) is 12.1. The molecule has 9 aromatic rings. The molecule has 0 unspecified atom stereocenters. The monoisotopic (exact) mass is 642 g/mol. The van der Waals surface area contributed by atoms with Gasteiger partial charge in [0, 0.05) is 33.2 Å². The van der Waals surface area contributed by atoms with Crippen LogP contribution < -0.4 is 4.74 Å². The third-order valence-corrected chi connectivity index (χ3v) is 8.92. The zero-order chi connectivity index (χ0) is 33.3. The molecule has 0 aliphatic rings. The van der Waals surface area contributed by atoms with E-state index in [0.717, 1.165) is 45.0 Å². The van der Waals surface area contributed by atoms with Gasteiger partial charge < -0.3 is 9.30 Å². The Kier molecular flexibility index (Phi) is 7.41. The number of ether oxygens (including phenoxy) is 1. The second kappa shape index (κ2) is 12.6. The molecule has 0 N–H and O–H groups in total. The Hall–Kier alpha value is -6.85. The zero-order valence-electron chi connectivity index (χ0n) is 27.0. The van der Waals surface area contributed by atoms with Crippen LogP contribution >= 0.6 is 0 Å². The van der Waals surface area contributed by atoms with E-state index in [1.165, 1.54) is 21.8 Å². The van der Waals surface area contributed by atoms with E-state index < -0.39 is 0 Å². The molecule has 0 aliphatic heterocycles. The molecule has 236 valence electrons. The van der Waals surface area contributed by atoms with Crippen molar-refractivity contribution in [2.75, 3.05) is 0 Å². The summed E-state index contributed by atoms with van der Waals surface area (Å²) in [6.45, 7) is 0. The van der Waals surface area contributed by atoms with Crippen molar-refractivity contribution in [3.05, 3.63) is 182 Å². The molecule has 0 spiro atoms. The molecule has 7 aromatic carbocycles. The maximum Gasteiger partial charge on any atom is 0.164 e. The van der Waals surface area contributed by atoms with Crippen LogP contribution in [0.4, 0.5) is 0 Å². The van der Waals surface area contributed by atoms with Gasteiger partial charge in [0.2, 0.25) is 0 Å². The number of fused-ring (bicyclic) bond motifs is 3. The number of para-hydroxylation sites is 2. The normalized spacial score (nSPS) is 11.2. The molecule has 0 radical (unpaired) electrons. The molecule has 0 atom stereocenters. The topological polar surface area (TPSA) is 52.8 Å². The summed E-state index contributed by atoms with van der Waals surface area (Å²) in [6.07, 6.45) is 0. The van der Waals surface area contributed by atoms with Crippen molar-refractivity contribution >= 4 is 21.8 Å². The van der Waals surface area contributed by atoms with Crippen LogP contribution in [-0.4, -0.2) is 19.5 Å². The molecule has 0 saturated carbocycles. The highest BCUT2D eigenvalue weighted by Crippen LogP contribution is 2.36. The molecule has 0 bridgehead atoms. The molecular formula is C45H30N4O. The lowest BCUT2D eigenvalue weighted by atomic mass is 10.0. The lowest BCUT2D eigenvalue weighted by molar-refractivity contribution is 0.483. The predicted octanol–water partition coefficient (Wildman–Crippen LogP) is 11.4. The van der Waals surface area contributed by atoms with E-state index in [1.807, 2.05) is 97.1 Å². The number of hydrogen-bond acceptors (Lipinski definition) is 4. The van der Waals surface area contributed by atoms with Crippen LogP contribution in [-0.2, 0) is 0 Å². The fourth-order valence-electron chi connectivity index (χ4n) is 6.47.